The Morgan fingerprint density at radius 1 is 0.651 bits per heavy atom. The topological polar surface area (TPSA) is 84.5 Å². The molecule has 0 radical (unpaired) electrons. The standard InChI is InChI=1S/C37H56N2O4/c1-2-3-4-5-6-7-8-9-10-11-12-13-14-15-16-23-30-38-37(42)34(39-36(41)33-26-21-18-22-27-33)28-29-35(40)43-31-32-24-19-17-20-25-32/h17-22,24-27,34H,2-16,23,28-31H2,1H3,(H,38,42)(H,39,41)/t34-/m1/s1. The summed E-state index contributed by atoms with van der Waals surface area (Å²) in [5.41, 5.74) is 1.38. The van der Waals surface area contributed by atoms with Gasteiger partial charge >= 0.3 is 5.97 Å². The number of amides is 2. The number of carbonyl (C=O) groups excluding carboxylic acids is 3. The third kappa shape index (κ3) is 18.2. The van der Waals surface area contributed by atoms with Gasteiger partial charge in [0.1, 0.15) is 12.6 Å². The molecule has 0 saturated heterocycles. The predicted octanol–water partition coefficient (Wildman–Crippen LogP) is 8.69. The van der Waals surface area contributed by atoms with Crippen LogP contribution in [-0.4, -0.2) is 30.4 Å². The summed E-state index contributed by atoms with van der Waals surface area (Å²) < 4.78 is 5.36. The lowest BCUT2D eigenvalue weighted by Gasteiger charge is -2.18. The molecule has 43 heavy (non-hydrogen) atoms. The van der Waals surface area contributed by atoms with Crippen molar-refractivity contribution in [2.75, 3.05) is 6.54 Å². The van der Waals surface area contributed by atoms with Crippen LogP contribution in [0.15, 0.2) is 60.7 Å². The molecule has 0 fully saturated rings. The molecule has 238 valence electrons. The molecule has 6 nitrogen and oxygen atoms in total. The highest BCUT2D eigenvalue weighted by Gasteiger charge is 2.22. The van der Waals surface area contributed by atoms with E-state index in [-0.39, 0.29) is 31.3 Å². The smallest absolute Gasteiger partial charge is 0.306 e. The first-order valence-corrected chi connectivity index (χ1v) is 16.9. The average molecular weight is 593 g/mol. The van der Waals surface area contributed by atoms with Gasteiger partial charge in [0, 0.05) is 18.5 Å². The molecule has 2 rings (SSSR count). The first-order chi connectivity index (χ1) is 21.1. The lowest BCUT2D eigenvalue weighted by molar-refractivity contribution is -0.145. The van der Waals surface area contributed by atoms with Crippen molar-refractivity contribution < 1.29 is 19.1 Å². The molecule has 0 unspecified atom stereocenters. The first-order valence-electron chi connectivity index (χ1n) is 16.9. The molecule has 0 aromatic heterocycles. The van der Waals surface area contributed by atoms with Gasteiger partial charge < -0.3 is 15.4 Å². The van der Waals surface area contributed by atoms with Crippen LogP contribution in [0.4, 0.5) is 0 Å². The van der Waals surface area contributed by atoms with E-state index < -0.39 is 12.0 Å². The number of carbonyl (C=O) groups is 3. The van der Waals surface area contributed by atoms with Crippen molar-refractivity contribution in [1.82, 2.24) is 10.6 Å². The highest BCUT2D eigenvalue weighted by Crippen LogP contribution is 2.14. The number of hydrogen-bond donors (Lipinski definition) is 2. The summed E-state index contributed by atoms with van der Waals surface area (Å²) in [6.45, 7) is 3.02. The van der Waals surface area contributed by atoms with Crippen molar-refractivity contribution in [3.05, 3.63) is 71.8 Å². The molecule has 0 aliphatic heterocycles. The van der Waals surface area contributed by atoms with E-state index in [1.807, 2.05) is 36.4 Å². The summed E-state index contributed by atoms with van der Waals surface area (Å²) >= 11 is 0. The summed E-state index contributed by atoms with van der Waals surface area (Å²) in [5.74, 6) is -0.990. The molecule has 0 heterocycles. The van der Waals surface area contributed by atoms with Gasteiger partial charge in [-0.1, -0.05) is 152 Å². The van der Waals surface area contributed by atoms with E-state index in [4.69, 9.17) is 4.74 Å². The highest BCUT2D eigenvalue weighted by atomic mass is 16.5. The minimum absolute atomic E-state index is 0.0407. The van der Waals surface area contributed by atoms with Gasteiger partial charge in [-0.25, -0.2) is 0 Å². The maximum Gasteiger partial charge on any atom is 0.306 e. The van der Waals surface area contributed by atoms with Gasteiger partial charge in [0.05, 0.1) is 0 Å². The summed E-state index contributed by atoms with van der Waals surface area (Å²) in [6.07, 6.45) is 21.1. The second kappa shape index (κ2) is 24.3. The van der Waals surface area contributed by atoms with Crippen LogP contribution in [0.3, 0.4) is 0 Å². The van der Waals surface area contributed by atoms with E-state index in [0.717, 1.165) is 18.4 Å². The van der Waals surface area contributed by atoms with Gasteiger partial charge in [-0.15, -0.1) is 0 Å². The molecule has 2 amide bonds. The van der Waals surface area contributed by atoms with Gasteiger partial charge in [-0.3, -0.25) is 14.4 Å². The van der Waals surface area contributed by atoms with Crippen molar-refractivity contribution in [3.63, 3.8) is 0 Å². The molecule has 0 aliphatic carbocycles. The van der Waals surface area contributed by atoms with E-state index in [0.29, 0.717) is 12.1 Å². The van der Waals surface area contributed by atoms with Crippen LogP contribution in [0.1, 0.15) is 138 Å². The number of unbranched alkanes of at least 4 members (excludes halogenated alkanes) is 15. The van der Waals surface area contributed by atoms with Crippen LogP contribution in [0, 0.1) is 0 Å². The molecule has 1 atom stereocenters. The van der Waals surface area contributed by atoms with Crippen molar-refractivity contribution in [2.45, 2.75) is 135 Å². The normalized spacial score (nSPS) is 11.6. The number of ether oxygens (including phenoxy) is 1. The van der Waals surface area contributed by atoms with Crippen LogP contribution in [-0.2, 0) is 20.9 Å². The Kier molecular flexibility index (Phi) is 20.4. The largest absolute Gasteiger partial charge is 0.461 e. The Labute approximate surface area is 260 Å². The molecule has 6 heteroatoms. The molecule has 0 bridgehead atoms. The van der Waals surface area contributed by atoms with Gasteiger partial charge in [0.25, 0.3) is 5.91 Å². The molecule has 2 aromatic carbocycles. The van der Waals surface area contributed by atoms with E-state index in [1.54, 1.807) is 24.3 Å². The quantitative estimate of drug-likeness (QED) is 0.0892. The van der Waals surface area contributed by atoms with Crippen molar-refractivity contribution >= 4 is 17.8 Å². The Bertz CT molecular complexity index is 996. The number of benzene rings is 2. The van der Waals surface area contributed by atoms with Gasteiger partial charge in [-0.05, 0) is 30.5 Å². The second-order valence-electron chi connectivity index (χ2n) is 11.7. The summed E-state index contributed by atoms with van der Waals surface area (Å²) in [6, 6.07) is 17.5. The van der Waals surface area contributed by atoms with Gasteiger partial charge in [-0.2, -0.15) is 0 Å². The summed E-state index contributed by atoms with van der Waals surface area (Å²) in [5, 5.41) is 5.78. The number of rotatable bonds is 25. The Morgan fingerprint density at radius 2 is 1.14 bits per heavy atom. The second-order valence-corrected chi connectivity index (χ2v) is 11.7. The zero-order chi connectivity index (χ0) is 30.8. The fourth-order valence-electron chi connectivity index (χ4n) is 5.18. The zero-order valence-electron chi connectivity index (χ0n) is 26.6. The molecule has 0 spiro atoms. The van der Waals surface area contributed by atoms with Crippen molar-refractivity contribution in [2.24, 2.45) is 0 Å². The monoisotopic (exact) mass is 592 g/mol. The maximum absolute atomic E-state index is 13.0. The fraction of sp³-hybridized carbons (Fsp3) is 0.595. The summed E-state index contributed by atoms with van der Waals surface area (Å²) in [7, 11) is 0. The minimum Gasteiger partial charge on any atom is -0.461 e. The number of nitrogens with one attached hydrogen (secondary N) is 2. The van der Waals surface area contributed by atoms with E-state index in [9.17, 15) is 14.4 Å². The lowest BCUT2D eigenvalue weighted by Crippen LogP contribution is -2.47. The average Bonchev–Trinajstić information content (AvgIpc) is 3.04. The van der Waals surface area contributed by atoms with Gasteiger partial charge in [0.2, 0.25) is 5.91 Å². The number of esters is 1. The van der Waals surface area contributed by atoms with Crippen molar-refractivity contribution in [1.29, 1.82) is 0 Å². The molecule has 2 aromatic rings. The highest BCUT2D eigenvalue weighted by molar-refractivity contribution is 5.97. The molecule has 2 N–H and O–H groups in total. The third-order valence-electron chi connectivity index (χ3n) is 7.87. The maximum atomic E-state index is 13.0. The van der Waals surface area contributed by atoms with Crippen LogP contribution < -0.4 is 10.6 Å². The minimum atomic E-state index is -0.807. The third-order valence-corrected chi connectivity index (χ3v) is 7.87. The van der Waals surface area contributed by atoms with Crippen LogP contribution >= 0.6 is 0 Å². The Balaban J connectivity index is 1.59. The Hall–Kier alpha value is -3.15. The first kappa shape index (κ1) is 36.0. The van der Waals surface area contributed by atoms with E-state index in [1.165, 1.54) is 89.9 Å². The SMILES string of the molecule is CCCCCCCCCCCCCCCCCCNC(=O)[C@@H](CCC(=O)OCc1ccccc1)NC(=O)c1ccccc1. The summed E-state index contributed by atoms with van der Waals surface area (Å²) in [4.78, 5) is 38.1. The van der Waals surface area contributed by atoms with Crippen LogP contribution in [0.2, 0.25) is 0 Å². The Morgan fingerprint density at radius 3 is 1.67 bits per heavy atom. The van der Waals surface area contributed by atoms with Crippen molar-refractivity contribution in [3.8, 4) is 0 Å². The van der Waals surface area contributed by atoms with Gasteiger partial charge in [0.15, 0.2) is 0 Å². The van der Waals surface area contributed by atoms with E-state index in [2.05, 4.69) is 17.6 Å². The molecule has 0 aliphatic rings. The molecular formula is C37H56N2O4. The molecular weight excluding hydrogens is 536 g/mol. The van der Waals surface area contributed by atoms with E-state index >= 15 is 0 Å². The molecule has 0 saturated carbocycles. The zero-order valence-corrected chi connectivity index (χ0v) is 26.6. The lowest BCUT2D eigenvalue weighted by atomic mass is 10.0. The van der Waals surface area contributed by atoms with Crippen LogP contribution in [0.5, 0.6) is 0 Å². The van der Waals surface area contributed by atoms with Crippen LogP contribution in [0.25, 0.3) is 0 Å². The fourth-order valence-corrected chi connectivity index (χ4v) is 5.18. The number of hydrogen-bond acceptors (Lipinski definition) is 4. The predicted molar refractivity (Wildman–Crippen MR) is 176 cm³/mol.